The zero-order valence-electron chi connectivity index (χ0n) is 11.7. The maximum absolute atomic E-state index is 12.2. The van der Waals surface area contributed by atoms with Gasteiger partial charge in [-0.1, -0.05) is 12.1 Å². The second-order valence-electron chi connectivity index (χ2n) is 5.05. The zero-order chi connectivity index (χ0) is 15.5. The van der Waals surface area contributed by atoms with E-state index in [1.165, 1.54) is 24.3 Å². The second kappa shape index (κ2) is 6.47. The molecule has 1 fully saturated rings. The van der Waals surface area contributed by atoms with Crippen molar-refractivity contribution in [3.63, 3.8) is 0 Å². The molecule has 0 saturated heterocycles. The molecule has 3 nitrogen and oxygen atoms in total. The number of hydrogen-bond donors (Lipinski definition) is 0. The lowest BCUT2D eigenvalue weighted by molar-refractivity contribution is -0.274. The highest BCUT2D eigenvalue weighted by Gasteiger charge is 2.36. The van der Waals surface area contributed by atoms with Crippen molar-refractivity contribution in [1.82, 2.24) is 0 Å². The monoisotopic (exact) mass is 302 g/mol. The number of ketones is 1. The third-order valence-electron chi connectivity index (χ3n) is 3.25. The van der Waals surface area contributed by atoms with E-state index in [0.29, 0.717) is 18.1 Å². The summed E-state index contributed by atoms with van der Waals surface area (Å²) in [5.41, 5.74) is 0.653. The maximum atomic E-state index is 12.2. The van der Waals surface area contributed by atoms with Crippen molar-refractivity contribution in [2.24, 2.45) is 5.92 Å². The van der Waals surface area contributed by atoms with Gasteiger partial charge in [0.25, 0.3) is 0 Å². The molecule has 0 radical (unpaired) electrons. The van der Waals surface area contributed by atoms with Crippen molar-refractivity contribution in [1.29, 1.82) is 0 Å². The van der Waals surface area contributed by atoms with Crippen LogP contribution >= 0.6 is 0 Å². The fourth-order valence-electron chi connectivity index (χ4n) is 2.18. The molecule has 6 heteroatoms. The molecule has 0 aliphatic heterocycles. The SMILES string of the molecule is CCOC(C(=O)Cc1ccc(OC(F)(F)F)cc1)C1CC1. The Kier molecular flexibility index (Phi) is 4.88. The Balaban J connectivity index is 1.94. The van der Waals surface area contributed by atoms with Crippen molar-refractivity contribution in [2.75, 3.05) is 6.61 Å². The van der Waals surface area contributed by atoms with Gasteiger partial charge in [-0.3, -0.25) is 4.79 Å². The van der Waals surface area contributed by atoms with Crippen LogP contribution in [-0.2, 0) is 16.0 Å². The molecular formula is C15H17F3O3. The van der Waals surface area contributed by atoms with Gasteiger partial charge in [-0.25, -0.2) is 0 Å². The molecule has 21 heavy (non-hydrogen) atoms. The van der Waals surface area contributed by atoms with E-state index in [9.17, 15) is 18.0 Å². The average molecular weight is 302 g/mol. The molecule has 0 spiro atoms. The van der Waals surface area contributed by atoms with Crippen LogP contribution in [0.2, 0.25) is 0 Å². The van der Waals surface area contributed by atoms with Gasteiger partial charge in [0.05, 0.1) is 0 Å². The van der Waals surface area contributed by atoms with Crippen LogP contribution in [0.4, 0.5) is 13.2 Å². The molecule has 1 saturated carbocycles. The average Bonchev–Trinajstić information content (AvgIpc) is 3.20. The van der Waals surface area contributed by atoms with Crippen molar-refractivity contribution in [3.8, 4) is 5.75 Å². The summed E-state index contributed by atoms with van der Waals surface area (Å²) in [6, 6.07) is 5.36. The Bertz CT molecular complexity index is 478. The van der Waals surface area contributed by atoms with Crippen LogP contribution in [0.3, 0.4) is 0 Å². The molecule has 1 aliphatic rings. The smallest absolute Gasteiger partial charge is 0.406 e. The zero-order valence-corrected chi connectivity index (χ0v) is 11.7. The minimum Gasteiger partial charge on any atom is -0.406 e. The lowest BCUT2D eigenvalue weighted by Crippen LogP contribution is -2.28. The van der Waals surface area contributed by atoms with Crippen LogP contribution < -0.4 is 4.74 Å². The predicted molar refractivity (Wildman–Crippen MR) is 70.0 cm³/mol. The van der Waals surface area contributed by atoms with Gasteiger partial charge in [0, 0.05) is 13.0 Å². The molecule has 1 aromatic rings. The van der Waals surface area contributed by atoms with Crippen molar-refractivity contribution in [2.45, 2.75) is 38.7 Å². The van der Waals surface area contributed by atoms with E-state index in [1.54, 1.807) is 0 Å². The molecule has 1 unspecified atom stereocenters. The lowest BCUT2D eigenvalue weighted by atomic mass is 10.0. The molecule has 1 atom stereocenters. The molecule has 0 heterocycles. The van der Waals surface area contributed by atoms with E-state index >= 15 is 0 Å². The number of halogens is 3. The van der Waals surface area contributed by atoms with E-state index in [1.807, 2.05) is 6.92 Å². The number of rotatable bonds is 7. The Morgan fingerprint density at radius 3 is 2.38 bits per heavy atom. The number of carbonyl (C=O) groups is 1. The number of Topliss-reactive ketones (excluding diaryl/α,β-unsaturated/α-hetero) is 1. The van der Waals surface area contributed by atoms with Crippen molar-refractivity contribution in [3.05, 3.63) is 29.8 Å². The number of alkyl halides is 3. The normalized spacial score (nSPS) is 16.6. The van der Waals surface area contributed by atoms with Gasteiger partial charge in [-0.05, 0) is 43.4 Å². The topological polar surface area (TPSA) is 35.5 Å². The summed E-state index contributed by atoms with van der Waals surface area (Å²) in [4.78, 5) is 12.2. The Morgan fingerprint density at radius 1 is 1.29 bits per heavy atom. The summed E-state index contributed by atoms with van der Waals surface area (Å²) >= 11 is 0. The highest BCUT2D eigenvalue weighted by atomic mass is 19.4. The second-order valence-corrected chi connectivity index (χ2v) is 5.05. The van der Waals surface area contributed by atoms with Crippen LogP contribution in [0.15, 0.2) is 24.3 Å². The number of ether oxygens (including phenoxy) is 2. The number of carbonyl (C=O) groups excluding carboxylic acids is 1. The summed E-state index contributed by atoms with van der Waals surface area (Å²) in [5, 5.41) is 0. The number of benzene rings is 1. The van der Waals surface area contributed by atoms with Crippen molar-refractivity contribution < 1.29 is 27.4 Å². The van der Waals surface area contributed by atoms with Gasteiger partial charge < -0.3 is 9.47 Å². The highest BCUT2D eigenvalue weighted by Crippen LogP contribution is 2.35. The number of hydrogen-bond acceptors (Lipinski definition) is 3. The minimum absolute atomic E-state index is 0.0242. The summed E-state index contributed by atoms with van der Waals surface area (Å²) < 4.78 is 45.4. The quantitative estimate of drug-likeness (QED) is 0.773. The van der Waals surface area contributed by atoms with Gasteiger partial charge in [0.2, 0.25) is 0 Å². The minimum atomic E-state index is -4.70. The first kappa shape index (κ1) is 15.8. The molecule has 1 aliphatic carbocycles. The molecule has 2 rings (SSSR count). The Morgan fingerprint density at radius 2 is 1.90 bits per heavy atom. The van der Waals surface area contributed by atoms with Gasteiger partial charge in [-0.2, -0.15) is 0 Å². The molecule has 116 valence electrons. The first-order valence-electron chi connectivity index (χ1n) is 6.88. The fraction of sp³-hybridized carbons (Fsp3) is 0.533. The molecule has 0 bridgehead atoms. The fourth-order valence-corrected chi connectivity index (χ4v) is 2.18. The van der Waals surface area contributed by atoms with Crippen LogP contribution in [-0.4, -0.2) is 24.9 Å². The Labute approximate surface area is 121 Å². The molecular weight excluding hydrogens is 285 g/mol. The molecule has 0 aromatic heterocycles. The summed E-state index contributed by atoms with van der Waals surface area (Å²) in [6.45, 7) is 2.32. The van der Waals surface area contributed by atoms with E-state index < -0.39 is 6.36 Å². The van der Waals surface area contributed by atoms with E-state index in [4.69, 9.17) is 4.74 Å². The Hall–Kier alpha value is -1.56. The van der Waals surface area contributed by atoms with Crippen molar-refractivity contribution >= 4 is 5.78 Å². The summed E-state index contributed by atoms with van der Waals surface area (Å²) in [6.07, 6.45) is -2.94. The third kappa shape index (κ3) is 5.04. The molecule has 1 aromatic carbocycles. The largest absolute Gasteiger partial charge is 0.573 e. The molecule has 0 N–H and O–H groups in total. The van der Waals surface area contributed by atoms with Crippen LogP contribution in [0.1, 0.15) is 25.3 Å². The van der Waals surface area contributed by atoms with E-state index in [0.717, 1.165) is 12.8 Å². The standard InChI is InChI=1S/C15H17F3O3/c1-2-20-14(11-5-6-11)13(19)9-10-3-7-12(8-4-10)21-15(16,17)18/h3-4,7-8,11,14H,2,5-6,9H2,1H3. The maximum Gasteiger partial charge on any atom is 0.573 e. The van der Waals surface area contributed by atoms with Gasteiger partial charge >= 0.3 is 6.36 Å². The van der Waals surface area contributed by atoms with Gasteiger partial charge in [0.15, 0.2) is 5.78 Å². The molecule has 0 amide bonds. The van der Waals surface area contributed by atoms with Crippen LogP contribution in [0, 0.1) is 5.92 Å². The lowest BCUT2D eigenvalue weighted by Gasteiger charge is -2.15. The van der Waals surface area contributed by atoms with E-state index in [2.05, 4.69) is 4.74 Å². The summed E-state index contributed by atoms with van der Waals surface area (Å²) in [5.74, 6) is -0.0172. The third-order valence-corrected chi connectivity index (χ3v) is 3.25. The summed E-state index contributed by atoms with van der Waals surface area (Å²) in [7, 11) is 0. The first-order valence-corrected chi connectivity index (χ1v) is 6.88. The van der Waals surface area contributed by atoms with E-state index in [-0.39, 0.29) is 24.1 Å². The van der Waals surface area contributed by atoms with Crippen LogP contribution in [0.25, 0.3) is 0 Å². The highest BCUT2D eigenvalue weighted by molar-refractivity contribution is 5.85. The predicted octanol–water partition coefficient (Wildman–Crippen LogP) is 3.51. The van der Waals surface area contributed by atoms with Gasteiger partial charge in [0.1, 0.15) is 11.9 Å². The van der Waals surface area contributed by atoms with Gasteiger partial charge in [-0.15, -0.1) is 13.2 Å². The van der Waals surface area contributed by atoms with Crippen LogP contribution in [0.5, 0.6) is 5.75 Å². The first-order chi connectivity index (χ1) is 9.89.